The van der Waals surface area contributed by atoms with Gasteiger partial charge in [0, 0.05) is 4.88 Å². The number of ether oxygens (including phenoxy) is 1. The maximum absolute atomic E-state index is 11.8. The second-order valence-corrected chi connectivity index (χ2v) is 6.50. The van der Waals surface area contributed by atoms with Gasteiger partial charge in [-0.1, -0.05) is 0 Å². The lowest BCUT2D eigenvalue weighted by molar-refractivity contribution is 0.0524. The Hall–Kier alpha value is -0.100. The smallest absolute Gasteiger partial charge is 0.340 e. The largest absolute Gasteiger partial charge is 0.462 e. The molecular formula is C11H13IO2S. The van der Waals surface area contributed by atoms with E-state index in [1.165, 1.54) is 23.3 Å². The predicted octanol–water partition coefficient (Wildman–Crippen LogP) is 3.41. The number of hydrogen-bond acceptors (Lipinski definition) is 3. The zero-order valence-electron chi connectivity index (χ0n) is 8.64. The predicted molar refractivity (Wildman–Crippen MR) is 69.6 cm³/mol. The Morgan fingerprint density at radius 2 is 2.20 bits per heavy atom. The maximum atomic E-state index is 11.8. The van der Waals surface area contributed by atoms with Gasteiger partial charge in [-0.25, -0.2) is 4.79 Å². The summed E-state index contributed by atoms with van der Waals surface area (Å²) in [5.41, 5.74) is 2.10. The molecule has 2 nitrogen and oxygen atoms in total. The van der Waals surface area contributed by atoms with Crippen LogP contribution in [0.2, 0.25) is 0 Å². The number of halogens is 1. The summed E-state index contributed by atoms with van der Waals surface area (Å²) in [6.45, 7) is 2.31. The average molecular weight is 336 g/mol. The summed E-state index contributed by atoms with van der Waals surface area (Å²) >= 11 is 4.01. The van der Waals surface area contributed by atoms with Crippen LogP contribution in [0.4, 0.5) is 0 Å². The van der Waals surface area contributed by atoms with Crippen molar-refractivity contribution >= 4 is 39.9 Å². The molecule has 0 atom stereocenters. The summed E-state index contributed by atoms with van der Waals surface area (Å²) in [4.78, 5) is 13.2. The standard InChI is InChI=1S/C11H13IO2S/c1-2-14-11(13)9-7-5-3-4-6-8(7)15-10(9)12/h2-6H2,1H3. The minimum absolute atomic E-state index is 0.138. The van der Waals surface area contributed by atoms with Crippen LogP contribution in [-0.2, 0) is 17.6 Å². The minimum atomic E-state index is -0.138. The molecule has 0 amide bonds. The van der Waals surface area contributed by atoms with Crippen LogP contribution < -0.4 is 0 Å². The van der Waals surface area contributed by atoms with E-state index in [2.05, 4.69) is 22.6 Å². The quantitative estimate of drug-likeness (QED) is 0.611. The Labute approximate surface area is 107 Å². The number of aryl methyl sites for hydroxylation is 1. The lowest BCUT2D eigenvalue weighted by Crippen LogP contribution is -2.10. The molecule has 0 fully saturated rings. The molecule has 0 aliphatic heterocycles. The van der Waals surface area contributed by atoms with E-state index in [1.54, 1.807) is 11.3 Å². The van der Waals surface area contributed by atoms with E-state index < -0.39 is 0 Å². The van der Waals surface area contributed by atoms with E-state index in [-0.39, 0.29) is 5.97 Å². The number of esters is 1. The number of thiophene rings is 1. The Kier molecular flexibility index (Phi) is 3.66. The first-order chi connectivity index (χ1) is 7.24. The van der Waals surface area contributed by atoms with Gasteiger partial charge in [0.1, 0.15) is 0 Å². The lowest BCUT2D eigenvalue weighted by atomic mass is 9.96. The number of carbonyl (C=O) groups is 1. The number of hydrogen-bond donors (Lipinski definition) is 0. The van der Waals surface area contributed by atoms with Gasteiger partial charge in [0.2, 0.25) is 0 Å². The molecule has 0 spiro atoms. The Bertz CT molecular complexity index is 384. The van der Waals surface area contributed by atoms with Crippen LogP contribution in [0.3, 0.4) is 0 Å². The van der Waals surface area contributed by atoms with E-state index >= 15 is 0 Å². The van der Waals surface area contributed by atoms with Crippen molar-refractivity contribution in [1.29, 1.82) is 0 Å². The molecule has 2 rings (SSSR count). The van der Waals surface area contributed by atoms with E-state index in [0.717, 1.165) is 21.3 Å². The van der Waals surface area contributed by atoms with Gasteiger partial charge in [0.25, 0.3) is 0 Å². The zero-order valence-corrected chi connectivity index (χ0v) is 11.6. The zero-order chi connectivity index (χ0) is 10.8. The van der Waals surface area contributed by atoms with Crippen molar-refractivity contribution in [2.24, 2.45) is 0 Å². The maximum Gasteiger partial charge on any atom is 0.340 e. The molecule has 82 valence electrons. The third-order valence-electron chi connectivity index (χ3n) is 2.61. The molecule has 0 aromatic carbocycles. The summed E-state index contributed by atoms with van der Waals surface area (Å²) in [6.07, 6.45) is 4.64. The fourth-order valence-electron chi connectivity index (χ4n) is 1.94. The van der Waals surface area contributed by atoms with Crippen LogP contribution in [0.15, 0.2) is 0 Å². The highest BCUT2D eigenvalue weighted by Crippen LogP contribution is 2.35. The van der Waals surface area contributed by atoms with Crippen molar-refractivity contribution in [2.45, 2.75) is 32.6 Å². The van der Waals surface area contributed by atoms with E-state index in [9.17, 15) is 4.79 Å². The van der Waals surface area contributed by atoms with Crippen LogP contribution >= 0.6 is 33.9 Å². The van der Waals surface area contributed by atoms with Gasteiger partial charge in [-0.2, -0.15) is 0 Å². The first kappa shape index (κ1) is 11.4. The van der Waals surface area contributed by atoms with Crippen molar-refractivity contribution in [1.82, 2.24) is 0 Å². The molecule has 1 aliphatic rings. The molecule has 1 aromatic heterocycles. The van der Waals surface area contributed by atoms with Crippen LogP contribution in [0.1, 0.15) is 40.6 Å². The van der Waals surface area contributed by atoms with Gasteiger partial charge >= 0.3 is 5.97 Å². The van der Waals surface area contributed by atoms with Crippen molar-refractivity contribution in [2.75, 3.05) is 6.61 Å². The normalized spacial score (nSPS) is 14.8. The van der Waals surface area contributed by atoms with Crippen LogP contribution in [0.5, 0.6) is 0 Å². The number of rotatable bonds is 2. The van der Waals surface area contributed by atoms with Crippen LogP contribution in [0.25, 0.3) is 0 Å². The highest BCUT2D eigenvalue weighted by Gasteiger charge is 2.24. The molecule has 0 N–H and O–H groups in total. The molecule has 0 unspecified atom stereocenters. The molecule has 1 heterocycles. The first-order valence-corrected chi connectivity index (χ1v) is 7.10. The monoisotopic (exact) mass is 336 g/mol. The lowest BCUT2D eigenvalue weighted by Gasteiger charge is -2.11. The van der Waals surface area contributed by atoms with E-state index in [4.69, 9.17) is 4.74 Å². The molecule has 1 aliphatic carbocycles. The molecule has 1 aromatic rings. The fourth-order valence-corrected chi connectivity index (χ4v) is 4.38. The SMILES string of the molecule is CCOC(=O)c1c(I)sc2c1CCCC2. The fraction of sp³-hybridized carbons (Fsp3) is 0.545. The van der Waals surface area contributed by atoms with Crippen molar-refractivity contribution in [3.05, 3.63) is 18.9 Å². The molecular weight excluding hydrogens is 323 g/mol. The Morgan fingerprint density at radius 3 is 2.93 bits per heavy atom. The summed E-state index contributed by atoms with van der Waals surface area (Å²) < 4.78 is 6.19. The van der Waals surface area contributed by atoms with Gasteiger partial charge in [-0.05, 0) is 60.8 Å². The molecule has 0 bridgehead atoms. The van der Waals surface area contributed by atoms with Gasteiger partial charge in [0.15, 0.2) is 0 Å². The number of carbonyl (C=O) groups excluding carboxylic acids is 1. The summed E-state index contributed by atoms with van der Waals surface area (Å²) in [7, 11) is 0. The molecule has 15 heavy (non-hydrogen) atoms. The van der Waals surface area contributed by atoms with Gasteiger partial charge < -0.3 is 4.74 Å². The van der Waals surface area contributed by atoms with Crippen molar-refractivity contribution < 1.29 is 9.53 Å². The van der Waals surface area contributed by atoms with Crippen LogP contribution in [0, 0.1) is 2.88 Å². The molecule has 0 saturated carbocycles. The van der Waals surface area contributed by atoms with Gasteiger partial charge in [-0.3, -0.25) is 0 Å². The summed E-state index contributed by atoms with van der Waals surface area (Å²) in [5.74, 6) is -0.138. The van der Waals surface area contributed by atoms with Crippen LogP contribution in [-0.4, -0.2) is 12.6 Å². The highest BCUT2D eigenvalue weighted by atomic mass is 127. The average Bonchev–Trinajstić information content (AvgIpc) is 2.54. The minimum Gasteiger partial charge on any atom is -0.462 e. The van der Waals surface area contributed by atoms with Crippen molar-refractivity contribution in [3.8, 4) is 0 Å². The molecule has 0 radical (unpaired) electrons. The molecule has 0 saturated heterocycles. The third kappa shape index (κ3) is 2.20. The summed E-state index contributed by atoms with van der Waals surface area (Å²) in [6, 6.07) is 0. The Morgan fingerprint density at radius 1 is 1.47 bits per heavy atom. The van der Waals surface area contributed by atoms with Gasteiger partial charge in [-0.15, -0.1) is 11.3 Å². The second-order valence-electron chi connectivity index (χ2n) is 3.58. The third-order valence-corrected chi connectivity index (χ3v) is 4.89. The van der Waals surface area contributed by atoms with Gasteiger partial charge in [0.05, 0.1) is 15.1 Å². The molecule has 4 heteroatoms. The second kappa shape index (κ2) is 4.82. The van der Waals surface area contributed by atoms with Crippen molar-refractivity contribution in [3.63, 3.8) is 0 Å². The Balaban J connectivity index is 2.37. The van der Waals surface area contributed by atoms with E-state index in [0.29, 0.717) is 6.61 Å². The van der Waals surface area contributed by atoms with E-state index in [1.807, 2.05) is 6.92 Å². The first-order valence-electron chi connectivity index (χ1n) is 5.21. The number of fused-ring (bicyclic) bond motifs is 1. The topological polar surface area (TPSA) is 26.3 Å². The summed E-state index contributed by atoms with van der Waals surface area (Å²) in [5, 5.41) is 0. The highest BCUT2D eigenvalue weighted by molar-refractivity contribution is 14.1.